The minimum Gasteiger partial charge on any atom is -0.492 e. The Morgan fingerprint density at radius 1 is 1.10 bits per heavy atom. The molecule has 1 unspecified atom stereocenters. The van der Waals surface area contributed by atoms with Gasteiger partial charge in [0.15, 0.2) is 0 Å². The van der Waals surface area contributed by atoms with E-state index in [4.69, 9.17) is 4.74 Å². The summed E-state index contributed by atoms with van der Waals surface area (Å²) in [6, 6.07) is 14.4. The van der Waals surface area contributed by atoms with Gasteiger partial charge in [-0.05, 0) is 43.3 Å². The molecule has 3 nitrogen and oxygen atoms in total. The maximum atomic E-state index is 9.25. The van der Waals surface area contributed by atoms with Crippen LogP contribution in [-0.2, 0) is 0 Å². The lowest BCUT2D eigenvalue weighted by molar-refractivity contribution is 0.157. The molecular weight excluding hydrogens is 250 g/mol. The predicted octanol–water partition coefficient (Wildman–Crippen LogP) is 2.92. The molecule has 0 aromatic heterocycles. The van der Waals surface area contributed by atoms with Crippen LogP contribution < -0.4 is 4.74 Å². The number of aliphatic hydroxyl groups excluding tert-OH is 1. The third-order valence-electron chi connectivity index (χ3n) is 3.39. The first-order valence-electron chi connectivity index (χ1n) is 7.13. The van der Waals surface area contributed by atoms with Gasteiger partial charge in [-0.15, -0.1) is 0 Å². The molecule has 0 radical (unpaired) electrons. The van der Waals surface area contributed by atoms with E-state index in [0.717, 1.165) is 25.3 Å². The standard InChI is InChI=1S/C17H23NO2/c1-14(19)9-10-18(2)11-12-20-17-8-7-15-5-3-4-6-16(15)13-17/h3-8,13-14,19H,9-12H2,1-2H3. The molecule has 2 aromatic carbocycles. The van der Waals surface area contributed by atoms with E-state index in [0.29, 0.717) is 6.61 Å². The molecule has 0 aliphatic carbocycles. The molecule has 0 heterocycles. The molecule has 0 fully saturated rings. The van der Waals surface area contributed by atoms with Crippen molar-refractivity contribution < 1.29 is 9.84 Å². The number of aliphatic hydroxyl groups is 1. The number of hydrogen-bond acceptors (Lipinski definition) is 3. The average Bonchev–Trinajstić information content (AvgIpc) is 2.45. The van der Waals surface area contributed by atoms with Gasteiger partial charge in [0.25, 0.3) is 0 Å². The van der Waals surface area contributed by atoms with E-state index in [9.17, 15) is 5.11 Å². The van der Waals surface area contributed by atoms with Crippen LogP contribution in [0, 0.1) is 0 Å². The van der Waals surface area contributed by atoms with Crippen molar-refractivity contribution in [1.82, 2.24) is 4.90 Å². The van der Waals surface area contributed by atoms with Crippen LogP contribution >= 0.6 is 0 Å². The zero-order valence-electron chi connectivity index (χ0n) is 12.2. The zero-order valence-corrected chi connectivity index (χ0v) is 12.2. The van der Waals surface area contributed by atoms with E-state index < -0.39 is 0 Å². The van der Waals surface area contributed by atoms with E-state index in [1.807, 2.05) is 32.2 Å². The average molecular weight is 273 g/mol. The first-order valence-corrected chi connectivity index (χ1v) is 7.13. The Hall–Kier alpha value is -1.58. The van der Waals surface area contributed by atoms with Crippen LogP contribution in [0.2, 0.25) is 0 Å². The number of fused-ring (bicyclic) bond motifs is 1. The lowest BCUT2D eigenvalue weighted by atomic mass is 10.1. The summed E-state index contributed by atoms with van der Waals surface area (Å²) in [5, 5.41) is 11.7. The Labute approximate surface area is 120 Å². The molecule has 2 aromatic rings. The maximum Gasteiger partial charge on any atom is 0.120 e. The fourth-order valence-electron chi connectivity index (χ4n) is 2.10. The number of hydrogen-bond donors (Lipinski definition) is 1. The van der Waals surface area contributed by atoms with E-state index in [1.165, 1.54) is 10.8 Å². The summed E-state index contributed by atoms with van der Waals surface area (Å²) < 4.78 is 5.79. The number of nitrogens with zero attached hydrogens (tertiary/aromatic N) is 1. The molecule has 3 heteroatoms. The molecular formula is C17H23NO2. The largest absolute Gasteiger partial charge is 0.492 e. The quantitative estimate of drug-likeness (QED) is 0.842. The van der Waals surface area contributed by atoms with Crippen molar-refractivity contribution >= 4 is 10.8 Å². The number of ether oxygens (including phenoxy) is 1. The third kappa shape index (κ3) is 4.51. The number of rotatable bonds is 7. The normalized spacial score (nSPS) is 12.8. The fraction of sp³-hybridized carbons (Fsp3) is 0.412. The Morgan fingerprint density at radius 3 is 2.60 bits per heavy atom. The van der Waals surface area contributed by atoms with Crippen molar-refractivity contribution in [1.29, 1.82) is 0 Å². The van der Waals surface area contributed by atoms with E-state index in [-0.39, 0.29) is 6.10 Å². The minimum absolute atomic E-state index is 0.237. The lowest BCUT2D eigenvalue weighted by Crippen LogP contribution is -2.27. The molecule has 0 aliphatic heterocycles. The van der Waals surface area contributed by atoms with Gasteiger partial charge in [-0.1, -0.05) is 30.3 Å². The molecule has 1 atom stereocenters. The first-order chi connectivity index (χ1) is 9.65. The Balaban J connectivity index is 1.80. The molecule has 0 amide bonds. The number of benzene rings is 2. The monoisotopic (exact) mass is 273 g/mol. The highest BCUT2D eigenvalue weighted by molar-refractivity contribution is 5.83. The molecule has 0 aliphatic rings. The van der Waals surface area contributed by atoms with Crippen LogP contribution in [0.25, 0.3) is 10.8 Å². The highest BCUT2D eigenvalue weighted by Gasteiger charge is 2.02. The predicted molar refractivity (Wildman–Crippen MR) is 83.2 cm³/mol. The van der Waals surface area contributed by atoms with Crippen LogP contribution in [0.5, 0.6) is 5.75 Å². The van der Waals surface area contributed by atoms with Gasteiger partial charge in [0, 0.05) is 13.1 Å². The molecule has 2 rings (SSSR count). The maximum absolute atomic E-state index is 9.25. The van der Waals surface area contributed by atoms with Crippen molar-refractivity contribution in [3.63, 3.8) is 0 Å². The lowest BCUT2D eigenvalue weighted by Gasteiger charge is -2.17. The second-order valence-electron chi connectivity index (χ2n) is 5.30. The van der Waals surface area contributed by atoms with Gasteiger partial charge in [-0.3, -0.25) is 0 Å². The van der Waals surface area contributed by atoms with Crippen molar-refractivity contribution in [3.05, 3.63) is 42.5 Å². The third-order valence-corrected chi connectivity index (χ3v) is 3.39. The molecule has 0 saturated carbocycles. The van der Waals surface area contributed by atoms with Gasteiger partial charge >= 0.3 is 0 Å². The Kier molecular flexibility index (Phi) is 5.39. The van der Waals surface area contributed by atoms with Crippen LogP contribution in [0.1, 0.15) is 13.3 Å². The molecule has 0 spiro atoms. The smallest absolute Gasteiger partial charge is 0.120 e. The van der Waals surface area contributed by atoms with Crippen molar-refractivity contribution in [3.8, 4) is 5.75 Å². The zero-order chi connectivity index (χ0) is 14.4. The van der Waals surface area contributed by atoms with Crippen molar-refractivity contribution in [2.45, 2.75) is 19.4 Å². The van der Waals surface area contributed by atoms with Crippen LogP contribution in [0.4, 0.5) is 0 Å². The van der Waals surface area contributed by atoms with E-state index in [2.05, 4.69) is 29.2 Å². The summed E-state index contributed by atoms with van der Waals surface area (Å²) in [5.41, 5.74) is 0. The highest BCUT2D eigenvalue weighted by Crippen LogP contribution is 2.20. The second-order valence-corrected chi connectivity index (χ2v) is 5.30. The van der Waals surface area contributed by atoms with Gasteiger partial charge in [0.05, 0.1) is 6.10 Å². The van der Waals surface area contributed by atoms with Crippen LogP contribution in [0.3, 0.4) is 0 Å². The molecule has 20 heavy (non-hydrogen) atoms. The summed E-state index contributed by atoms with van der Waals surface area (Å²) in [7, 11) is 2.05. The first kappa shape index (κ1) is 14.8. The number of likely N-dealkylation sites (N-methyl/N-ethyl adjacent to an activating group) is 1. The van der Waals surface area contributed by atoms with E-state index >= 15 is 0 Å². The van der Waals surface area contributed by atoms with Crippen molar-refractivity contribution in [2.24, 2.45) is 0 Å². The highest BCUT2D eigenvalue weighted by atomic mass is 16.5. The second kappa shape index (κ2) is 7.27. The molecule has 108 valence electrons. The van der Waals surface area contributed by atoms with Crippen molar-refractivity contribution in [2.75, 3.05) is 26.7 Å². The van der Waals surface area contributed by atoms with Crippen LogP contribution in [0.15, 0.2) is 42.5 Å². The van der Waals surface area contributed by atoms with Gasteiger partial charge in [-0.2, -0.15) is 0 Å². The van der Waals surface area contributed by atoms with Gasteiger partial charge in [0.1, 0.15) is 12.4 Å². The van der Waals surface area contributed by atoms with Gasteiger partial charge in [-0.25, -0.2) is 0 Å². The Bertz CT molecular complexity index is 539. The van der Waals surface area contributed by atoms with E-state index in [1.54, 1.807) is 0 Å². The summed E-state index contributed by atoms with van der Waals surface area (Å²) in [6.45, 7) is 4.23. The molecule has 1 N–H and O–H groups in total. The molecule has 0 saturated heterocycles. The van der Waals surface area contributed by atoms with Crippen LogP contribution in [-0.4, -0.2) is 42.9 Å². The minimum atomic E-state index is -0.237. The summed E-state index contributed by atoms with van der Waals surface area (Å²) in [5.74, 6) is 0.910. The van der Waals surface area contributed by atoms with Gasteiger partial charge < -0.3 is 14.7 Å². The van der Waals surface area contributed by atoms with Gasteiger partial charge in [0.2, 0.25) is 0 Å². The molecule has 0 bridgehead atoms. The summed E-state index contributed by atoms with van der Waals surface area (Å²) in [4.78, 5) is 2.17. The summed E-state index contributed by atoms with van der Waals surface area (Å²) in [6.07, 6.45) is 0.561. The topological polar surface area (TPSA) is 32.7 Å². The fourth-order valence-corrected chi connectivity index (χ4v) is 2.10. The SMILES string of the molecule is CC(O)CCN(C)CCOc1ccc2ccccc2c1. The Morgan fingerprint density at radius 2 is 1.85 bits per heavy atom. The summed E-state index contributed by atoms with van der Waals surface area (Å²) >= 11 is 0.